The van der Waals surface area contributed by atoms with Crippen molar-refractivity contribution in [2.45, 2.75) is 31.1 Å². The largest absolute Gasteiger partial charge is 0.369 e. The van der Waals surface area contributed by atoms with Crippen LogP contribution in [-0.2, 0) is 9.59 Å². The summed E-state index contributed by atoms with van der Waals surface area (Å²) in [4.78, 5) is 23.7. The number of thioether (sulfide) groups is 1. The number of carbonyl (C=O) groups excluding carboxylic acids is 2. The molecule has 1 atom stereocenters. The van der Waals surface area contributed by atoms with Crippen molar-refractivity contribution < 1.29 is 9.59 Å². The Balaban J connectivity index is 2.53. The first-order chi connectivity index (χ1) is 10.0. The minimum Gasteiger partial charge on any atom is -0.369 e. The van der Waals surface area contributed by atoms with Gasteiger partial charge in [0, 0.05) is 11.3 Å². The standard InChI is InChI=1S/C15H23N3O2S/c1-11(8-9-16)6-7-15(20)18-12-4-2-3-5-13(12)21-10-14(17)19/h2-5,11H,6-10,16H2,1H3,(H2,17,19)(H,18,20). The van der Waals surface area contributed by atoms with Gasteiger partial charge in [0.2, 0.25) is 11.8 Å². The van der Waals surface area contributed by atoms with Crippen LogP contribution in [0.2, 0.25) is 0 Å². The lowest BCUT2D eigenvalue weighted by Crippen LogP contribution is -2.15. The molecule has 1 aromatic carbocycles. The molecule has 0 saturated carbocycles. The number of primary amides is 1. The molecule has 1 rings (SSSR count). The second-order valence-electron chi connectivity index (χ2n) is 5.02. The molecule has 1 unspecified atom stereocenters. The second kappa shape index (κ2) is 9.41. The zero-order valence-electron chi connectivity index (χ0n) is 12.3. The molecular formula is C15H23N3O2S. The summed E-state index contributed by atoms with van der Waals surface area (Å²) in [6, 6.07) is 7.40. The van der Waals surface area contributed by atoms with Crippen LogP contribution in [-0.4, -0.2) is 24.1 Å². The van der Waals surface area contributed by atoms with Gasteiger partial charge in [-0.25, -0.2) is 0 Å². The molecule has 0 fully saturated rings. The Bertz CT molecular complexity index is 480. The summed E-state index contributed by atoms with van der Waals surface area (Å²) >= 11 is 1.32. The fourth-order valence-electron chi connectivity index (χ4n) is 1.86. The van der Waals surface area contributed by atoms with Crippen LogP contribution in [0, 0.1) is 5.92 Å². The topological polar surface area (TPSA) is 98.2 Å². The van der Waals surface area contributed by atoms with Crippen molar-refractivity contribution in [3.05, 3.63) is 24.3 Å². The summed E-state index contributed by atoms with van der Waals surface area (Å²) in [6.45, 7) is 2.74. The van der Waals surface area contributed by atoms with Crippen LogP contribution in [0.5, 0.6) is 0 Å². The predicted molar refractivity (Wildman–Crippen MR) is 87.1 cm³/mol. The number of amides is 2. The van der Waals surface area contributed by atoms with E-state index in [-0.39, 0.29) is 17.6 Å². The summed E-state index contributed by atoms with van der Waals surface area (Å²) in [5, 5.41) is 2.89. The van der Waals surface area contributed by atoms with Gasteiger partial charge in [-0.1, -0.05) is 19.1 Å². The van der Waals surface area contributed by atoms with Gasteiger partial charge in [0.15, 0.2) is 0 Å². The normalized spacial score (nSPS) is 11.9. The van der Waals surface area contributed by atoms with Gasteiger partial charge >= 0.3 is 0 Å². The third kappa shape index (κ3) is 7.15. The van der Waals surface area contributed by atoms with Crippen molar-refractivity contribution in [2.24, 2.45) is 17.4 Å². The number of anilines is 1. The molecule has 0 heterocycles. The summed E-state index contributed by atoms with van der Waals surface area (Å²) < 4.78 is 0. The fourth-order valence-corrected chi connectivity index (χ4v) is 2.61. The summed E-state index contributed by atoms with van der Waals surface area (Å²) in [5.41, 5.74) is 11.4. The Hall–Kier alpha value is -1.53. The van der Waals surface area contributed by atoms with Gasteiger partial charge in [-0.3, -0.25) is 9.59 Å². The molecule has 21 heavy (non-hydrogen) atoms. The van der Waals surface area contributed by atoms with Gasteiger partial charge in [0.1, 0.15) is 0 Å². The lowest BCUT2D eigenvalue weighted by Gasteiger charge is -2.12. The average Bonchev–Trinajstić information content (AvgIpc) is 2.44. The van der Waals surface area contributed by atoms with Crippen LogP contribution >= 0.6 is 11.8 Å². The number of hydrogen-bond donors (Lipinski definition) is 3. The van der Waals surface area contributed by atoms with E-state index in [0.717, 1.165) is 23.4 Å². The molecule has 0 aliphatic heterocycles. The van der Waals surface area contributed by atoms with Gasteiger partial charge < -0.3 is 16.8 Å². The summed E-state index contributed by atoms with van der Waals surface area (Å²) in [5.74, 6) is 0.239. The van der Waals surface area contributed by atoms with E-state index >= 15 is 0 Å². The minimum atomic E-state index is -0.378. The number of carbonyl (C=O) groups is 2. The van der Waals surface area contributed by atoms with Gasteiger partial charge in [-0.15, -0.1) is 11.8 Å². The molecular weight excluding hydrogens is 286 g/mol. The predicted octanol–water partition coefficient (Wildman–Crippen LogP) is 1.97. The molecule has 0 bridgehead atoms. The van der Waals surface area contributed by atoms with Crippen molar-refractivity contribution in [1.82, 2.24) is 0 Å². The van der Waals surface area contributed by atoms with E-state index in [4.69, 9.17) is 11.5 Å². The Kier molecular flexibility index (Phi) is 7.85. The van der Waals surface area contributed by atoms with E-state index in [1.165, 1.54) is 11.8 Å². The summed E-state index contributed by atoms with van der Waals surface area (Å²) in [6.07, 6.45) is 2.22. The maximum atomic E-state index is 12.0. The summed E-state index contributed by atoms with van der Waals surface area (Å²) in [7, 11) is 0. The monoisotopic (exact) mass is 309 g/mol. The van der Waals surface area contributed by atoms with Crippen LogP contribution < -0.4 is 16.8 Å². The Labute approximate surface area is 129 Å². The fraction of sp³-hybridized carbons (Fsp3) is 0.467. The lowest BCUT2D eigenvalue weighted by molar-refractivity contribution is -0.117. The molecule has 1 aromatic rings. The van der Waals surface area contributed by atoms with E-state index in [2.05, 4.69) is 12.2 Å². The molecule has 2 amide bonds. The van der Waals surface area contributed by atoms with Crippen molar-refractivity contribution in [1.29, 1.82) is 0 Å². The number of hydrogen-bond acceptors (Lipinski definition) is 4. The first-order valence-corrected chi connectivity index (χ1v) is 8.01. The van der Waals surface area contributed by atoms with Crippen molar-refractivity contribution >= 4 is 29.3 Å². The third-order valence-corrected chi connectivity index (χ3v) is 4.15. The van der Waals surface area contributed by atoms with E-state index in [1.54, 1.807) is 0 Å². The highest BCUT2D eigenvalue weighted by Crippen LogP contribution is 2.27. The van der Waals surface area contributed by atoms with Gasteiger partial charge in [-0.05, 0) is 37.4 Å². The number of nitrogens with one attached hydrogen (secondary N) is 1. The van der Waals surface area contributed by atoms with E-state index in [0.29, 0.717) is 18.9 Å². The SMILES string of the molecule is CC(CCN)CCC(=O)Nc1ccccc1SCC(N)=O. The minimum absolute atomic E-state index is 0.0222. The van der Waals surface area contributed by atoms with Crippen LogP contribution in [0.15, 0.2) is 29.2 Å². The van der Waals surface area contributed by atoms with Gasteiger partial charge in [0.25, 0.3) is 0 Å². The molecule has 5 nitrogen and oxygen atoms in total. The number of benzene rings is 1. The zero-order chi connectivity index (χ0) is 15.7. The maximum absolute atomic E-state index is 12.0. The van der Waals surface area contributed by atoms with E-state index < -0.39 is 0 Å². The number of nitrogens with two attached hydrogens (primary N) is 2. The lowest BCUT2D eigenvalue weighted by atomic mass is 10.0. The second-order valence-corrected chi connectivity index (χ2v) is 6.04. The molecule has 5 N–H and O–H groups in total. The Morgan fingerprint density at radius 2 is 2.00 bits per heavy atom. The number of para-hydroxylation sites is 1. The van der Waals surface area contributed by atoms with Gasteiger partial charge in [-0.2, -0.15) is 0 Å². The van der Waals surface area contributed by atoms with Crippen LogP contribution in [0.4, 0.5) is 5.69 Å². The van der Waals surface area contributed by atoms with Crippen LogP contribution in [0.25, 0.3) is 0 Å². The highest BCUT2D eigenvalue weighted by Gasteiger charge is 2.10. The first kappa shape index (κ1) is 17.5. The van der Waals surface area contributed by atoms with Crippen LogP contribution in [0.3, 0.4) is 0 Å². The van der Waals surface area contributed by atoms with E-state index in [1.807, 2.05) is 24.3 Å². The zero-order valence-corrected chi connectivity index (χ0v) is 13.1. The first-order valence-electron chi connectivity index (χ1n) is 7.03. The molecule has 0 spiro atoms. The quantitative estimate of drug-likeness (QED) is 0.607. The molecule has 0 aliphatic rings. The molecule has 116 valence electrons. The molecule has 6 heteroatoms. The molecule has 0 aliphatic carbocycles. The highest BCUT2D eigenvalue weighted by molar-refractivity contribution is 8.00. The Morgan fingerprint density at radius 1 is 1.29 bits per heavy atom. The third-order valence-electron chi connectivity index (χ3n) is 3.05. The Morgan fingerprint density at radius 3 is 2.67 bits per heavy atom. The molecule has 0 aromatic heterocycles. The maximum Gasteiger partial charge on any atom is 0.227 e. The van der Waals surface area contributed by atoms with Crippen molar-refractivity contribution in [2.75, 3.05) is 17.6 Å². The van der Waals surface area contributed by atoms with Crippen LogP contribution in [0.1, 0.15) is 26.2 Å². The smallest absolute Gasteiger partial charge is 0.227 e. The molecule has 0 radical (unpaired) electrons. The van der Waals surface area contributed by atoms with E-state index in [9.17, 15) is 9.59 Å². The molecule has 0 saturated heterocycles. The average molecular weight is 309 g/mol. The number of rotatable bonds is 9. The van der Waals surface area contributed by atoms with Crippen molar-refractivity contribution in [3.8, 4) is 0 Å². The van der Waals surface area contributed by atoms with Crippen molar-refractivity contribution in [3.63, 3.8) is 0 Å². The van der Waals surface area contributed by atoms with Gasteiger partial charge in [0.05, 0.1) is 11.4 Å². The highest BCUT2D eigenvalue weighted by atomic mass is 32.2.